The molecule has 2 heterocycles. The molecule has 1 aromatic carbocycles. The highest BCUT2D eigenvalue weighted by atomic mass is 19.1. The van der Waals surface area contributed by atoms with Crippen LogP contribution in [0.15, 0.2) is 18.2 Å². The van der Waals surface area contributed by atoms with E-state index in [2.05, 4.69) is 20.5 Å². The molecule has 0 radical (unpaired) electrons. The molecule has 0 saturated carbocycles. The monoisotopic (exact) mass is 445 g/mol. The minimum absolute atomic E-state index is 0.245. The molecule has 1 aliphatic rings. The van der Waals surface area contributed by atoms with Gasteiger partial charge in [-0.3, -0.25) is 9.59 Å². The van der Waals surface area contributed by atoms with Gasteiger partial charge in [0.05, 0.1) is 12.8 Å². The highest BCUT2D eigenvalue weighted by molar-refractivity contribution is 5.97. The van der Waals surface area contributed by atoms with E-state index in [0.717, 1.165) is 18.7 Å². The van der Waals surface area contributed by atoms with Gasteiger partial charge in [-0.2, -0.15) is 0 Å². The Morgan fingerprint density at radius 3 is 2.56 bits per heavy atom. The number of hydrogen-bond acceptors (Lipinski definition) is 5. The number of nitrogens with one attached hydrogen (secondary N) is 2. The van der Waals surface area contributed by atoms with Crippen LogP contribution in [0.5, 0.6) is 5.75 Å². The molecular weight excluding hydrogens is 413 g/mol. The molecule has 2 N–H and O–H groups in total. The third kappa shape index (κ3) is 4.93. The van der Waals surface area contributed by atoms with Crippen molar-refractivity contribution < 1.29 is 18.7 Å². The lowest BCUT2D eigenvalue weighted by Crippen LogP contribution is -2.53. The van der Waals surface area contributed by atoms with Crippen LogP contribution in [0, 0.1) is 11.2 Å². The van der Waals surface area contributed by atoms with Crippen molar-refractivity contribution in [2.24, 2.45) is 5.41 Å². The number of ether oxygens (including phenoxy) is 1. The number of rotatable bonds is 5. The van der Waals surface area contributed by atoms with Crippen LogP contribution < -0.4 is 15.4 Å². The van der Waals surface area contributed by atoms with Gasteiger partial charge in [-0.25, -0.2) is 9.37 Å². The van der Waals surface area contributed by atoms with Crippen molar-refractivity contribution in [3.63, 3.8) is 0 Å². The van der Waals surface area contributed by atoms with Crippen molar-refractivity contribution >= 4 is 11.8 Å². The van der Waals surface area contributed by atoms with E-state index in [1.807, 2.05) is 32.4 Å². The van der Waals surface area contributed by atoms with Crippen LogP contribution in [-0.2, 0) is 17.9 Å². The Kier molecular flexibility index (Phi) is 6.88. The second-order valence-electron chi connectivity index (χ2n) is 9.24. The highest BCUT2D eigenvalue weighted by Crippen LogP contribution is 2.30. The summed E-state index contributed by atoms with van der Waals surface area (Å²) in [5.41, 5.74) is 1.02. The number of aromatic nitrogens is 2. The predicted octanol–water partition coefficient (Wildman–Crippen LogP) is 2.42. The van der Waals surface area contributed by atoms with E-state index in [4.69, 9.17) is 4.74 Å². The number of halogens is 1. The first-order valence-corrected chi connectivity index (χ1v) is 10.7. The van der Waals surface area contributed by atoms with Gasteiger partial charge in [-0.1, -0.05) is 20.8 Å². The van der Waals surface area contributed by atoms with Crippen molar-refractivity contribution in [3.8, 4) is 17.1 Å². The fourth-order valence-electron chi connectivity index (χ4n) is 3.95. The van der Waals surface area contributed by atoms with Gasteiger partial charge in [0.25, 0.3) is 5.91 Å². The number of benzene rings is 1. The summed E-state index contributed by atoms with van der Waals surface area (Å²) in [6.07, 6.45) is 0.864. The summed E-state index contributed by atoms with van der Waals surface area (Å²) in [4.78, 5) is 32.6. The molecule has 0 fully saturated rings. The molecule has 3 rings (SSSR count). The Bertz CT molecular complexity index is 1010. The second-order valence-corrected chi connectivity index (χ2v) is 9.24. The van der Waals surface area contributed by atoms with Gasteiger partial charge in [0, 0.05) is 31.8 Å². The number of hydrogen-bond donors (Lipinski definition) is 2. The number of amides is 2. The van der Waals surface area contributed by atoms with E-state index >= 15 is 0 Å². The zero-order valence-electron chi connectivity index (χ0n) is 19.6. The van der Waals surface area contributed by atoms with E-state index in [9.17, 15) is 14.0 Å². The second kappa shape index (κ2) is 9.28. The Morgan fingerprint density at radius 2 is 1.94 bits per heavy atom. The van der Waals surface area contributed by atoms with Crippen LogP contribution in [-0.4, -0.2) is 60.1 Å². The maximum Gasteiger partial charge on any atom is 0.272 e. The highest BCUT2D eigenvalue weighted by Gasteiger charge is 2.34. The summed E-state index contributed by atoms with van der Waals surface area (Å²) in [5, 5.41) is 5.48. The Balaban J connectivity index is 2.09. The lowest BCUT2D eigenvalue weighted by atomic mass is 9.86. The molecular formula is C23H32FN5O3. The molecule has 2 aromatic rings. The smallest absolute Gasteiger partial charge is 0.272 e. The van der Waals surface area contributed by atoms with Crippen molar-refractivity contribution in [2.45, 2.75) is 46.3 Å². The first-order valence-electron chi connectivity index (χ1n) is 10.7. The normalized spacial score (nSPS) is 15.5. The molecule has 174 valence electrons. The molecule has 9 heteroatoms. The fourth-order valence-corrected chi connectivity index (χ4v) is 3.95. The summed E-state index contributed by atoms with van der Waals surface area (Å²) >= 11 is 0. The molecule has 0 aliphatic carbocycles. The summed E-state index contributed by atoms with van der Waals surface area (Å²) < 4.78 is 21.4. The van der Waals surface area contributed by atoms with Crippen molar-refractivity contribution in [1.82, 2.24) is 25.1 Å². The van der Waals surface area contributed by atoms with Gasteiger partial charge in [0.15, 0.2) is 5.69 Å². The number of carbonyl (C=O) groups excluding carboxylic acids is 2. The average molecular weight is 446 g/mol. The van der Waals surface area contributed by atoms with Gasteiger partial charge in [-0.05, 0) is 37.6 Å². The Hall–Kier alpha value is -2.94. The summed E-state index contributed by atoms with van der Waals surface area (Å²) in [6.45, 7) is 7.68. The van der Waals surface area contributed by atoms with Crippen LogP contribution in [0.3, 0.4) is 0 Å². The Morgan fingerprint density at radius 1 is 1.22 bits per heavy atom. The minimum atomic E-state index is -0.737. The van der Waals surface area contributed by atoms with Gasteiger partial charge in [0.2, 0.25) is 5.91 Å². The van der Waals surface area contributed by atoms with E-state index in [0.29, 0.717) is 30.2 Å². The molecule has 0 spiro atoms. The molecule has 0 bridgehead atoms. The SMILES string of the molecule is CNC(=O)[C@@H](NC(=O)c1nc(-c2cc(F)cc(OC)c2)n2c1CN(C)CCC2)C(C)(C)C. The number of likely N-dealkylation sites (N-methyl/N-ethyl adjacent to an activating group) is 1. The van der Waals surface area contributed by atoms with Gasteiger partial charge < -0.3 is 24.8 Å². The Labute approximate surface area is 188 Å². The number of fused-ring (bicyclic) bond motifs is 1. The van der Waals surface area contributed by atoms with Crippen molar-refractivity contribution in [2.75, 3.05) is 27.7 Å². The van der Waals surface area contributed by atoms with Crippen LogP contribution in [0.4, 0.5) is 4.39 Å². The maximum absolute atomic E-state index is 14.2. The summed E-state index contributed by atoms with van der Waals surface area (Å²) in [6, 6.07) is 3.65. The molecule has 1 aromatic heterocycles. The summed E-state index contributed by atoms with van der Waals surface area (Å²) in [7, 11) is 5.00. The molecule has 0 saturated heterocycles. The number of carbonyl (C=O) groups is 2. The van der Waals surface area contributed by atoms with E-state index in [-0.39, 0.29) is 11.6 Å². The molecule has 2 amide bonds. The predicted molar refractivity (Wildman–Crippen MR) is 120 cm³/mol. The largest absolute Gasteiger partial charge is 0.497 e. The maximum atomic E-state index is 14.2. The number of nitrogens with zero attached hydrogens (tertiary/aromatic N) is 3. The molecule has 1 aliphatic heterocycles. The van der Waals surface area contributed by atoms with Crippen molar-refractivity contribution in [1.29, 1.82) is 0 Å². The summed E-state index contributed by atoms with van der Waals surface area (Å²) in [5.74, 6) is -0.265. The minimum Gasteiger partial charge on any atom is -0.497 e. The average Bonchev–Trinajstić information content (AvgIpc) is 2.96. The van der Waals surface area contributed by atoms with Crippen LogP contribution in [0.25, 0.3) is 11.4 Å². The van der Waals surface area contributed by atoms with Crippen LogP contribution >= 0.6 is 0 Å². The molecule has 8 nitrogen and oxygen atoms in total. The number of imidazole rings is 1. The lowest BCUT2D eigenvalue weighted by molar-refractivity contribution is -0.124. The van der Waals surface area contributed by atoms with Crippen molar-refractivity contribution in [3.05, 3.63) is 35.4 Å². The van der Waals surface area contributed by atoms with E-state index in [1.165, 1.54) is 19.2 Å². The topological polar surface area (TPSA) is 88.5 Å². The van der Waals surface area contributed by atoms with Crippen LogP contribution in [0.1, 0.15) is 43.4 Å². The molecule has 32 heavy (non-hydrogen) atoms. The van der Waals surface area contributed by atoms with Crippen LogP contribution in [0.2, 0.25) is 0 Å². The fraction of sp³-hybridized carbons (Fsp3) is 0.522. The van der Waals surface area contributed by atoms with Gasteiger partial charge >= 0.3 is 0 Å². The third-order valence-electron chi connectivity index (χ3n) is 5.64. The van der Waals surface area contributed by atoms with E-state index in [1.54, 1.807) is 13.1 Å². The molecule has 1 atom stereocenters. The van der Waals surface area contributed by atoms with Gasteiger partial charge in [-0.15, -0.1) is 0 Å². The standard InChI is InChI=1S/C23H32FN5O3/c1-23(2,3)19(22(31)25-4)27-21(30)18-17-13-28(5)8-7-9-29(17)20(26-18)14-10-15(24)12-16(11-14)32-6/h10-12,19H,7-9,13H2,1-6H3,(H,25,31)(H,27,30)/t19-/m1/s1. The van der Waals surface area contributed by atoms with E-state index < -0.39 is 23.2 Å². The first kappa shape index (κ1) is 23.7. The zero-order valence-corrected chi connectivity index (χ0v) is 19.6. The first-order chi connectivity index (χ1) is 15.0. The lowest BCUT2D eigenvalue weighted by Gasteiger charge is -2.29. The molecule has 0 unspecified atom stereocenters. The zero-order chi connectivity index (χ0) is 23.6. The quantitative estimate of drug-likeness (QED) is 0.738. The van der Waals surface area contributed by atoms with Gasteiger partial charge in [0.1, 0.15) is 23.4 Å². The third-order valence-corrected chi connectivity index (χ3v) is 5.64. The number of methoxy groups -OCH3 is 1.